The summed E-state index contributed by atoms with van der Waals surface area (Å²) >= 11 is 12.3. The molecule has 4 aromatic rings. The molecular weight excluding hydrogens is 542 g/mol. The number of rotatable bonds is 6. The molecule has 1 saturated carbocycles. The van der Waals surface area contributed by atoms with Crippen LogP contribution in [0.4, 0.5) is 14.9 Å². The predicted molar refractivity (Wildman–Crippen MR) is 149 cm³/mol. The zero-order valence-corrected chi connectivity index (χ0v) is 22.3. The molecule has 0 bridgehead atoms. The van der Waals surface area contributed by atoms with Crippen LogP contribution >= 0.6 is 23.2 Å². The second-order valence-corrected chi connectivity index (χ2v) is 10.2. The summed E-state index contributed by atoms with van der Waals surface area (Å²) in [5.41, 5.74) is 2.28. The lowest BCUT2D eigenvalue weighted by Gasteiger charge is -2.12. The fourth-order valence-electron chi connectivity index (χ4n) is 4.82. The average molecular weight is 567 g/mol. The van der Waals surface area contributed by atoms with Crippen molar-refractivity contribution in [1.82, 2.24) is 15.1 Å². The molecule has 1 aliphatic carbocycles. The third-order valence-corrected chi connectivity index (χ3v) is 7.44. The van der Waals surface area contributed by atoms with Crippen molar-refractivity contribution in [3.63, 3.8) is 0 Å². The van der Waals surface area contributed by atoms with Gasteiger partial charge in [-0.2, -0.15) is 9.78 Å². The van der Waals surface area contributed by atoms with Crippen LogP contribution in [0.25, 0.3) is 11.3 Å². The Bertz CT molecular complexity index is 1530. The van der Waals surface area contributed by atoms with Gasteiger partial charge in [-0.05, 0) is 55.3 Å². The number of hydrogen-bond donors (Lipinski definition) is 3. The topological polar surface area (TPSA) is 96.2 Å². The fraction of sp³-hybridized carbons (Fsp3) is 0.207. The molecule has 7 nitrogen and oxygen atoms in total. The van der Waals surface area contributed by atoms with Crippen molar-refractivity contribution in [3.8, 4) is 17.0 Å². The molecule has 10 heteroatoms. The highest BCUT2D eigenvalue weighted by molar-refractivity contribution is 6.40. The Labute approximate surface area is 234 Å². The zero-order chi connectivity index (χ0) is 27.5. The number of aromatic nitrogens is 2. The Morgan fingerprint density at radius 3 is 2.44 bits per heavy atom. The maximum absolute atomic E-state index is 14.1. The summed E-state index contributed by atoms with van der Waals surface area (Å²) in [7, 11) is 0. The molecule has 1 fully saturated rings. The number of phenolic OH excluding ortho intramolecular Hbond substituents is 1. The number of nitrogens with one attached hydrogen (secondary N) is 2. The van der Waals surface area contributed by atoms with E-state index in [1.54, 1.807) is 48.5 Å². The number of hydrogen-bond acceptors (Lipinski definition) is 4. The molecule has 2 amide bonds. The largest absolute Gasteiger partial charge is 0.507 e. The molecule has 3 aromatic carbocycles. The Morgan fingerprint density at radius 2 is 1.72 bits per heavy atom. The van der Waals surface area contributed by atoms with E-state index in [2.05, 4.69) is 15.7 Å². The molecule has 0 atom stereocenters. The van der Waals surface area contributed by atoms with Gasteiger partial charge in [0.2, 0.25) is 0 Å². The minimum absolute atomic E-state index is 0.00216. The molecule has 0 unspecified atom stereocenters. The lowest BCUT2D eigenvalue weighted by Crippen LogP contribution is -2.31. The van der Waals surface area contributed by atoms with Crippen molar-refractivity contribution in [2.45, 2.75) is 38.1 Å². The number of amides is 2. The van der Waals surface area contributed by atoms with Gasteiger partial charge in [-0.1, -0.05) is 60.3 Å². The van der Waals surface area contributed by atoms with Crippen LogP contribution in [0.2, 0.25) is 10.0 Å². The molecule has 200 valence electrons. The normalized spacial score (nSPS) is 13.4. The smallest absolute Gasteiger partial charge is 0.342 e. The van der Waals surface area contributed by atoms with Crippen LogP contribution in [0.15, 0.2) is 66.7 Å². The predicted octanol–water partition coefficient (Wildman–Crippen LogP) is 7.37. The Hall–Kier alpha value is -3.88. The summed E-state index contributed by atoms with van der Waals surface area (Å²) < 4.78 is 15.4. The molecule has 0 saturated heterocycles. The monoisotopic (exact) mass is 566 g/mol. The number of aromatic hydroxyl groups is 1. The molecular formula is C29H25Cl2FN4O3. The van der Waals surface area contributed by atoms with Crippen LogP contribution in [0.3, 0.4) is 0 Å². The first-order valence-electron chi connectivity index (χ1n) is 12.5. The van der Waals surface area contributed by atoms with E-state index in [9.17, 15) is 19.1 Å². The lowest BCUT2D eigenvalue weighted by atomic mass is 10.0. The van der Waals surface area contributed by atoms with Crippen molar-refractivity contribution in [2.24, 2.45) is 0 Å². The number of nitrogens with zero attached hydrogens (tertiary/aromatic N) is 2. The summed E-state index contributed by atoms with van der Waals surface area (Å²) in [5, 5.41) is 21.1. The third kappa shape index (κ3) is 5.77. The second kappa shape index (κ2) is 11.5. The van der Waals surface area contributed by atoms with Crippen molar-refractivity contribution in [1.29, 1.82) is 0 Å². The molecule has 0 aliphatic heterocycles. The first-order chi connectivity index (χ1) is 18.8. The quantitative estimate of drug-likeness (QED) is 0.212. The fourth-order valence-corrected chi connectivity index (χ4v) is 5.39. The number of carbonyl (C=O) groups is 2. The van der Waals surface area contributed by atoms with Gasteiger partial charge >= 0.3 is 6.03 Å². The van der Waals surface area contributed by atoms with Gasteiger partial charge in [0.15, 0.2) is 0 Å². The third-order valence-electron chi connectivity index (χ3n) is 6.81. The molecule has 0 spiro atoms. The summed E-state index contributed by atoms with van der Waals surface area (Å²) in [6.45, 7) is 0.00216. The molecule has 1 aliphatic rings. The van der Waals surface area contributed by atoms with E-state index in [4.69, 9.17) is 23.2 Å². The van der Waals surface area contributed by atoms with Gasteiger partial charge in [-0.25, -0.2) is 9.18 Å². The highest BCUT2D eigenvalue weighted by atomic mass is 35.5. The zero-order valence-electron chi connectivity index (χ0n) is 20.8. The summed E-state index contributed by atoms with van der Waals surface area (Å²) in [6, 6.07) is 16.8. The van der Waals surface area contributed by atoms with Crippen LogP contribution in [0.1, 0.15) is 53.2 Å². The van der Waals surface area contributed by atoms with E-state index < -0.39 is 17.8 Å². The van der Waals surface area contributed by atoms with Crippen LogP contribution < -0.4 is 10.6 Å². The number of anilines is 1. The van der Waals surface area contributed by atoms with Crippen molar-refractivity contribution >= 4 is 40.8 Å². The van der Waals surface area contributed by atoms with Crippen molar-refractivity contribution in [3.05, 3.63) is 99.4 Å². The average Bonchev–Trinajstić information content (AvgIpc) is 3.59. The van der Waals surface area contributed by atoms with E-state index in [0.717, 1.165) is 25.7 Å². The standard InChI is InChI=1S/C29H25Cl2FN4O3/c30-21-9-5-10-22(31)27(21)28(38)34-19-12-13-26(37)20(14-19)24-15-25(17-6-1-2-7-17)36(35-24)29(39)33-16-18-8-3-4-11-23(18)32/h3-5,8-15,17,37H,1-2,6-7,16H2,(H,33,39)(H,34,38). The minimum atomic E-state index is -0.507. The summed E-state index contributed by atoms with van der Waals surface area (Å²) in [4.78, 5) is 26.1. The summed E-state index contributed by atoms with van der Waals surface area (Å²) in [5.74, 6) is -0.861. The number of carbonyl (C=O) groups excluding carboxylic acids is 2. The Kier molecular flexibility index (Phi) is 7.86. The molecule has 5 rings (SSSR count). The van der Waals surface area contributed by atoms with Crippen LogP contribution in [-0.2, 0) is 6.54 Å². The van der Waals surface area contributed by atoms with Gasteiger partial charge in [0.1, 0.15) is 11.6 Å². The molecule has 3 N–H and O–H groups in total. The van der Waals surface area contributed by atoms with Crippen LogP contribution in [0.5, 0.6) is 5.75 Å². The second-order valence-electron chi connectivity index (χ2n) is 9.38. The van der Waals surface area contributed by atoms with Crippen LogP contribution in [-0.4, -0.2) is 26.8 Å². The van der Waals surface area contributed by atoms with Crippen LogP contribution in [0, 0.1) is 5.82 Å². The number of phenols is 1. The van der Waals surface area contributed by atoms with Gasteiger partial charge in [-0.15, -0.1) is 0 Å². The molecule has 1 aromatic heterocycles. The number of halogens is 3. The SMILES string of the molecule is O=C(Nc1ccc(O)c(-c2cc(C3CCCC3)n(C(=O)NCc3ccccc3F)n2)c1)c1c(Cl)cccc1Cl. The molecule has 39 heavy (non-hydrogen) atoms. The minimum Gasteiger partial charge on any atom is -0.507 e. The van der Waals surface area contributed by atoms with Gasteiger partial charge in [0.25, 0.3) is 5.91 Å². The Morgan fingerprint density at radius 1 is 1.00 bits per heavy atom. The van der Waals surface area contributed by atoms with E-state index in [1.165, 1.54) is 22.9 Å². The highest BCUT2D eigenvalue weighted by Gasteiger charge is 2.26. The molecule has 1 heterocycles. The van der Waals surface area contributed by atoms with E-state index in [0.29, 0.717) is 28.2 Å². The first-order valence-corrected chi connectivity index (χ1v) is 13.3. The molecule has 0 radical (unpaired) electrons. The lowest BCUT2D eigenvalue weighted by molar-refractivity contribution is 0.102. The van der Waals surface area contributed by atoms with Crippen molar-refractivity contribution < 1.29 is 19.1 Å². The summed E-state index contributed by atoms with van der Waals surface area (Å²) in [6.07, 6.45) is 3.90. The highest BCUT2D eigenvalue weighted by Crippen LogP contribution is 2.38. The maximum Gasteiger partial charge on any atom is 0.342 e. The van der Waals surface area contributed by atoms with Crippen molar-refractivity contribution in [2.75, 3.05) is 5.32 Å². The Balaban J connectivity index is 1.44. The van der Waals surface area contributed by atoms with Gasteiger partial charge < -0.3 is 15.7 Å². The van der Waals surface area contributed by atoms with E-state index >= 15 is 0 Å². The van der Waals surface area contributed by atoms with E-state index in [-0.39, 0.29) is 33.8 Å². The van der Waals surface area contributed by atoms with Gasteiger partial charge in [0, 0.05) is 29.3 Å². The van der Waals surface area contributed by atoms with Gasteiger partial charge in [-0.3, -0.25) is 4.79 Å². The van der Waals surface area contributed by atoms with Gasteiger partial charge in [0.05, 0.1) is 27.0 Å². The first kappa shape index (κ1) is 26.7. The number of benzene rings is 3. The maximum atomic E-state index is 14.1. The van der Waals surface area contributed by atoms with E-state index in [1.807, 2.05) is 0 Å².